The fourth-order valence-electron chi connectivity index (χ4n) is 6.66. The standard InChI is InChI=1S/C40H43ClN8O5S.C2HF3O2/c1-22(2)30-20-31(34(51)21-33(30)50)37-45-47-40(52)49(37)28-10-12-29(13-11-28)54-19-18-53-17-16-42-15-14-32-38-46-44-25(5)48(38)39-35(23(3)24(4)55-39)36(43-32)26-6-8-27(41)9-7-26;3-2(4,5)1(6)7/h6-13,20-22,32,42,50-51H,14-19H2,1-5H3,(H,47,52);(H,6,7)/t32-;/m0./s1. The Bertz CT molecular complexity index is 2620. The van der Waals surface area contributed by atoms with Crippen LogP contribution in [-0.4, -0.2) is 95.6 Å². The fraction of sp³-hybridized carbons (Fsp3) is 0.333. The molecule has 0 radical (unpaired) electrons. The Morgan fingerprint density at radius 1 is 0.968 bits per heavy atom. The van der Waals surface area contributed by atoms with Gasteiger partial charge in [-0.25, -0.2) is 19.3 Å². The third-order valence-electron chi connectivity index (χ3n) is 9.89. The average Bonchev–Trinajstić information content (AvgIpc) is 3.86. The maximum Gasteiger partial charge on any atom is 0.490 e. The van der Waals surface area contributed by atoms with Crippen molar-refractivity contribution in [1.29, 1.82) is 0 Å². The number of carboxylic acid groups (broad SMARTS) is 1. The first-order chi connectivity index (χ1) is 29.5. The van der Waals surface area contributed by atoms with Crippen LogP contribution in [0.15, 0.2) is 70.5 Å². The highest BCUT2D eigenvalue weighted by molar-refractivity contribution is 7.15. The monoisotopic (exact) mass is 896 g/mol. The summed E-state index contributed by atoms with van der Waals surface area (Å²) < 4.78 is 47.0. The topological polar surface area (TPSA) is 202 Å². The number of aryl methyl sites for hydroxylation is 2. The Balaban J connectivity index is 0.000000845. The molecule has 0 unspecified atom stereocenters. The summed E-state index contributed by atoms with van der Waals surface area (Å²) in [5, 5.41) is 48.9. The van der Waals surface area contributed by atoms with Crippen LogP contribution in [0.1, 0.15) is 71.0 Å². The molecular formula is C42H44ClF3N8O7S. The molecule has 0 fully saturated rings. The van der Waals surface area contributed by atoms with Crippen LogP contribution in [0, 0.1) is 20.8 Å². The third kappa shape index (κ3) is 10.2. The number of hydrogen-bond donors (Lipinski definition) is 5. The summed E-state index contributed by atoms with van der Waals surface area (Å²) >= 11 is 7.98. The zero-order valence-electron chi connectivity index (χ0n) is 34.2. The van der Waals surface area contributed by atoms with Gasteiger partial charge in [-0.3, -0.25) is 9.56 Å². The number of nitrogens with zero attached hydrogens (tertiary/aromatic N) is 6. The van der Waals surface area contributed by atoms with E-state index in [1.165, 1.54) is 21.1 Å². The summed E-state index contributed by atoms with van der Waals surface area (Å²) in [6.07, 6.45) is -4.36. The lowest BCUT2D eigenvalue weighted by Gasteiger charge is -2.14. The number of aromatic nitrogens is 6. The molecule has 0 bridgehead atoms. The van der Waals surface area contributed by atoms with E-state index in [1.807, 2.05) is 45.0 Å². The molecule has 1 aliphatic heterocycles. The summed E-state index contributed by atoms with van der Waals surface area (Å²) in [5.74, 6) is -0.447. The summed E-state index contributed by atoms with van der Waals surface area (Å²) in [5.41, 5.74) is 5.31. The molecule has 7 rings (SSSR count). The average molecular weight is 897 g/mol. The van der Waals surface area contributed by atoms with Crippen LogP contribution in [0.4, 0.5) is 13.2 Å². The van der Waals surface area contributed by atoms with E-state index >= 15 is 0 Å². The van der Waals surface area contributed by atoms with E-state index in [0.29, 0.717) is 60.5 Å². The van der Waals surface area contributed by atoms with E-state index in [2.05, 4.69) is 44.1 Å². The molecule has 62 heavy (non-hydrogen) atoms. The van der Waals surface area contributed by atoms with Crippen LogP contribution < -0.4 is 15.7 Å². The molecule has 15 nitrogen and oxygen atoms in total. The number of alkyl halides is 3. The quantitative estimate of drug-likeness (QED) is 0.0675. The van der Waals surface area contributed by atoms with Crippen LogP contribution in [-0.2, 0) is 9.53 Å². The molecule has 5 N–H and O–H groups in total. The molecule has 4 heterocycles. The molecule has 1 atom stereocenters. The summed E-state index contributed by atoms with van der Waals surface area (Å²) in [6, 6.07) is 17.6. The molecular weight excluding hydrogens is 853 g/mol. The maximum atomic E-state index is 12.8. The van der Waals surface area contributed by atoms with Crippen molar-refractivity contribution >= 4 is 34.6 Å². The van der Waals surface area contributed by atoms with Crippen molar-refractivity contribution in [2.45, 2.75) is 59.2 Å². The van der Waals surface area contributed by atoms with Gasteiger partial charge in [-0.15, -0.1) is 21.5 Å². The normalized spacial score (nSPS) is 13.5. The number of aromatic hydroxyl groups is 2. The first-order valence-corrected chi connectivity index (χ1v) is 20.6. The number of benzene rings is 3. The van der Waals surface area contributed by atoms with E-state index in [1.54, 1.807) is 41.7 Å². The molecule has 0 spiro atoms. The van der Waals surface area contributed by atoms with Gasteiger partial charge in [-0.1, -0.05) is 37.6 Å². The molecule has 1 aliphatic rings. The SMILES string of the molecule is Cc1sc2c(c1C)C(c1ccc(Cl)cc1)=N[C@@H](CCNCCOCCOc1ccc(-n3c(-c4cc(C(C)C)c(O)cc4O)n[nH]c3=O)cc1)c1nnc(C)n1-2.O=C(O)C(F)(F)F. The zero-order chi connectivity index (χ0) is 44.9. The number of halogens is 4. The van der Waals surface area contributed by atoms with Gasteiger partial charge in [0.15, 0.2) is 11.6 Å². The van der Waals surface area contributed by atoms with Crippen molar-refractivity contribution in [1.82, 2.24) is 34.8 Å². The zero-order valence-corrected chi connectivity index (χ0v) is 35.8. The largest absolute Gasteiger partial charge is 0.508 e. The van der Waals surface area contributed by atoms with Crippen molar-refractivity contribution < 1.29 is 42.8 Å². The first-order valence-electron chi connectivity index (χ1n) is 19.4. The van der Waals surface area contributed by atoms with Crippen LogP contribution in [0.2, 0.25) is 5.02 Å². The molecule has 0 saturated carbocycles. The summed E-state index contributed by atoms with van der Waals surface area (Å²) in [6.45, 7) is 12.7. The number of H-pyrrole nitrogens is 1. The third-order valence-corrected chi connectivity index (χ3v) is 11.3. The van der Waals surface area contributed by atoms with Gasteiger partial charge in [0.25, 0.3) is 0 Å². The van der Waals surface area contributed by atoms with Crippen molar-refractivity contribution in [3.63, 3.8) is 0 Å². The second kappa shape index (κ2) is 19.4. The van der Waals surface area contributed by atoms with Crippen LogP contribution >= 0.6 is 22.9 Å². The predicted molar refractivity (Wildman–Crippen MR) is 228 cm³/mol. The number of carbonyl (C=O) groups is 1. The lowest BCUT2D eigenvalue weighted by Crippen LogP contribution is -2.23. The molecule has 6 aromatic rings. The van der Waals surface area contributed by atoms with Crippen LogP contribution in [0.25, 0.3) is 22.1 Å². The van der Waals surface area contributed by atoms with Crippen molar-refractivity contribution in [3.05, 3.63) is 115 Å². The number of hydrogen-bond acceptors (Lipinski definition) is 12. The predicted octanol–water partition coefficient (Wildman–Crippen LogP) is 7.58. The molecule has 20 heteroatoms. The molecule has 3 aromatic heterocycles. The number of aliphatic carboxylic acids is 1. The molecule has 0 aliphatic carbocycles. The second-order valence-electron chi connectivity index (χ2n) is 14.5. The number of ether oxygens (including phenoxy) is 2. The Morgan fingerprint density at radius 2 is 1.66 bits per heavy atom. The number of aromatic amines is 1. The highest BCUT2D eigenvalue weighted by Crippen LogP contribution is 2.40. The van der Waals surface area contributed by atoms with Gasteiger partial charge < -0.3 is 30.1 Å². The van der Waals surface area contributed by atoms with E-state index in [-0.39, 0.29) is 29.3 Å². The summed E-state index contributed by atoms with van der Waals surface area (Å²) in [4.78, 5) is 28.2. The molecule has 3 aromatic carbocycles. The van der Waals surface area contributed by atoms with Crippen molar-refractivity contribution in [2.24, 2.45) is 4.99 Å². The summed E-state index contributed by atoms with van der Waals surface area (Å²) in [7, 11) is 0. The minimum absolute atomic E-state index is 0.00347. The fourth-order valence-corrected chi connectivity index (χ4v) is 8.00. The molecule has 0 amide bonds. The van der Waals surface area contributed by atoms with E-state index in [0.717, 1.165) is 39.9 Å². The number of rotatable bonds is 14. The van der Waals surface area contributed by atoms with Gasteiger partial charge in [0.1, 0.15) is 40.7 Å². The van der Waals surface area contributed by atoms with Gasteiger partial charge in [0, 0.05) is 33.6 Å². The first kappa shape index (κ1) is 45.5. The van der Waals surface area contributed by atoms with Gasteiger partial charge in [-0.2, -0.15) is 18.3 Å². The number of nitrogens with one attached hydrogen (secondary N) is 2. The Labute approximate surface area is 362 Å². The maximum absolute atomic E-state index is 12.8. The van der Waals surface area contributed by atoms with E-state index in [9.17, 15) is 28.2 Å². The van der Waals surface area contributed by atoms with Gasteiger partial charge >= 0.3 is 17.8 Å². The Morgan fingerprint density at radius 3 is 2.32 bits per heavy atom. The van der Waals surface area contributed by atoms with Gasteiger partial charge in [0.2, 0.25) is 0 Å². The lowest BCUT2D eigenvalue weighted by atomic mass is 9.98. The number of thiophene rings is 1. The second-order valence-corrected chi connectivity index (χ2v) is 16.1. The number of aliphatic imine (C=N–C) groups is 1. The lowest BCUT2D eigenvalue weighted by molar-refractivity contribution is -0.192. The van der Waals surface area contributed by atoms with Crippen LogP contribution in [0.3, 0.4) is 0 Å². The van der Waals surface area contributed by atoms with Gasteiger partial charge in [-0.05, 0) is 93.2 Å². The molecule has 0 saturated heterocycles. The highest BCUT2D eigenvalue weighted by Gasteiger charge is 2.38. The minimum Gasteiger partial charge on any atom is -0.508 e. The Hall–Kier alpha value is -6.02. The molecule has 328 valence electrons. The number of phenolic OH excluding ortho intramolecular Hbond substituents is 2. The minimum atomic E-state index is -5.08. The van der Waals surface area contributed by atoms with Crippen LogP contribution in [0.5, 0.6) is 17.2 Å². The highest BCUT2D eigenvalue weighted by atomic mass is 35.5. The van der Waals surface area contributed by atoms with Crippen molar-refractivity contribution in [2.75, 3.05) is 32.9 Å². The smallest absolute Gasteiger partial charge is 0.490 e. The number of phenols is 2. The van der Waals surface area contributed by atoms with Crippen molar-refractivity contribution in [3.8, 4) is 39.3 Å². The number of fused-ring (bicyclic) bond motifs is 3. The van der Waals surface area contributed by atoms with E-state index < -0.39 is 17.8 Å². The van der Waals surface area contributed by atoms with E-state index in [4.69, 9.17) is 36.0 Å². The van der Waals surface area contributed by atoms with Gasteiger partial charge in [0.05, 0.1) is 30.2 Å². The number of carboxylic acids is 1. The Kier molecular flexibility index (Phi) is 14.2.